The van der Waals surface area contributed by atoms with Gasteiger partial charge in [-0.05, 0) is 36.1 Å². The van der Waals surface area contributed by atoms with Crippen molar-refractivity contribution in [1.82, 2.24) is 0 Å². The SMILES string of the molecule is CC1(C)CC(=O)O[C@@H]2C(=O)N(c3ccc(F)cc3)C(=O)[C@@H]2C1. The summed E-state index contributed by atoms with van der Waals surface area (Å²) in [6.07, 6.45) is -0.505. The van der Waals surface area contributed by atoms with Crippen molar-refractivity contribution in [1.29, 1.82) is 0 Å². The smallest absolute Gasteiger partial charge is 0.307 e. The maximum Gasteiger partial charge on any atom is 0.307 e. The molecular formula is C16H16FNO4. The molecule has 2 atom stereocenters. The number of imide groups is 1. The lowest BCUT2D eigenvalue weighted by molar-refractivity contribution is -0.154. The zero-order valence-corrected chi connectivity index (χ0v) is 12.3. The van der Waals surface area contributed by atoms with Gasteiger partial charge in [-0.15, -0.1) is 0 Å². The van der Waals surface area contributed by atoms with E-state index in [1.165, 1.54) is 24.3 Å². The van der Waals surface area contributed by atoms with Crippen molar-refractivity contribution in [2.24, 2.45) is 11.3 Å². The van der Waals surface area contributed by atoms with Crippen molar-refractivity contribution in [2.75, 3.05) is 4.90 Å². The number of hydrogen-bond donors (Lipinski definition) is 0. The second kappa shape index (κ2) is 4.90. The molecule has 22 heavy (non-hydrogen) atoms. The molecule has 5 nitrogen and oxygen atoms in total. The number of fused-ring (bicyclic) bond motifs is 1. The fourth-order valence-electron chi connectivity index (χ4n) is 3.12. The molecule has 0 radical (unpaired) electrons. The monoisotopic (exact) mass is 305 g/mol. The lowest BCUT2D eigenvalue weighted by atomic mass is 9.80. The van der Waals surface area contributed by atoms with Crippen LogP contribution in [0.4, 0.5) is 10.1 Å². The van der Waals surface area contributed by atoms with Gasteiger partial charge in [-0.2, -0.15) is 0 Å². The third-order valence-electron chi connectivity index (χ3n) is 4.11. The largest absolute Gasteiger partial charge is 0.451 e. The number of anilines is 1. The van der Waals surface area contributed by atoms with E-state index in [-0.39, 0.29) is 6.42 Å². The van der Waals surface area contributed by atoms with Gasteiger partial charge in [0.1, 0.15) is 5.82 Å². The van der Waals surface area contributed by atoms with Crippen LogP contribution in [0.5, 0.6) is 0 Å². The van der Waals surface area contributed by atoms with Gasteiger partial charge >= 0.3 is 5.97 Å². The van der Waals surface area contributed by atoms with E-state index in [2.05, 4.69) is 0 Å². The van der Waals surface area contributed by atoms with Crippen LogP contribution in [0, 0.1) is 17.2 Å². The van der Waals surface area contributed by atoms with Gasteiger partial charge in [-0.3, -0.25) is 14.4 Å². The highest BCUT2D eigenvalue weighted by atomic mass is 19.1. The molecule has 2 amide bonds. The van der Waals surface area contributed by atoms with E-state index >= 15 is 0 Å². The lowest BCUT2D eigenvalue weighted by Crippen LogP contribution is -2.34. The van der Waals surface area contributed by atoms with E-state index in [1.807, 2.05) is 13.8 Å². The molecule has 1 aromatic rings. The van der Waals surface area contributed by atoms with Gasteiger partial charge in [0, 0.05) is 0 Å². The average molecular weight is 305 g/mol. The van der Waals surface area contributed by atoms with Gasteiger partial charge in [0.25, 0.3) is 5.91 Å². The normalized spacial score (nSPS) is 27.4. The van der Waals surface area contributed by atoms with Crippen LogP contribution < -0.4 is 4.90 Å². The molecule has 0 aliphatic carbocycles. The highest BCUT2D eigenvalue weighted by Gasteiger charge is 2.54. The number of esters is 1. The lowest BCUT2D eigenvalue weighted by Gasteiger charge is -2.23. The van der Waals surface area contributed by atoms with Gasteiger partial charge < -0.3 is 4.74 Å². The number of nitrogens with zero attached hydrogens (tertiary/aromatic N) is 1. The Morgan fingerprint density at radius 3 is 2.41 bits per heavy atom. The molecule has 0 N–H and O–H groups in total. The summed E-state index contributed by atoms with van der Waals surface area (Å²) in [5.41, 5.74) is -0.121. The van der Waals surface area contributed by atoms with Crippen LogP contribution in [0.2, 0.25) is 0 Å². The standard InChI is InChI=1S/C16H16FNO4/c1-16(2)7-11-13(22-12(19)8-16)15(21)18(14(11)20)10-5-3-9(17)4-6-10/h3-6,11,13H,7-8H2,1-2H3/t11-,13+/m1/s1. The van der Waals surface area contributed by atoms with E-state index in [9.17, 15) is 18.8 Å². The Hall–Kier alpha value is -2.24. The summed E-state index contributed by atoms with van der Waals surface area (Å²) in [4.78, 5) is 37.9. The zero-order chi connectivity index (χ0) is 16.1. The number of hydrogen-bond acceptors (Lipinski definition) is 4. The molecule has 2 heterocycles. The summed E-state index contributed by atoms with van der Waals surface area (Å²) in [6.45, 7) is 3.74. The topological polar surface area (TPSA) is 63.7 Å². The van der Waals surface area contributed by atoms with Crippen molar-refractivity contribution < 1.29 is 23.5 Å². The second-order valence-corrected chi connectivity index (χ2v) is 6.55. The van der Waals surface area contributed by atoms with Crippen LogP contribution in [-0.2, 0) is 19.1 Å². The molecule has 0 bridgehead atoms. The Kier molecular flexibility index (Phi) is 3.27. The predicted molar refractivity (Wildman–Crippen MR) is 75.3 cm³/mol. The number of carbonyl (C=O) groups is 3. The Balaban J connectivity index is 1.97. The number of amides is 2. The fraction of sp³-hybridized carbons (Fsp3) is 0.438. The van der Waals surface area contributed by atoms with Crippen LogP contribution >= 0.6 is 0 Å². The molecule has 3 rings (SSSR count). The first kappa shape index (κ1) is 14.7. The predicted octanol–water partition coefficient (Wildman–Crippen LogP) is 2.05. The summed E-state index contributed by atoms with van der Waals surface area (Å²) in [7, 11) is 0. The van der Waals surface area contributed by atoms with E-state index in [0.29, 0.717) is 12.1 Å². The van der Waals surface area contributed by atoms with Crippen molar-refractivity contribution >= 4 is 23.5 Å². The highest BCUT2D eigenvalue weighted by Crippen LogP contribution is 2.41. The minimum Gasteiger partial charge on any atom is -0.451 e. The van der Waals surface area contributed by atoms with Crippen molar-refractivity contribution in [3.63, 3.8) is 0 Å². The quantitative estimate of drug-likeness (QED) is 0.588. The van der Waals surface area contributed by atoms with Crippen LogP contribution in [-0.4, -0.2) is 23.9 Å². The summed E-state index contributed by atoms with van der Waals surface area (Å²) in [5.74, 6) is -2.57. The minimum absolute atomic E-state index is 0.178. The number of halogens is 1. The Labute approximate surface area is 127 Å². The number of rotatable bonds is 1. The minimum atomic E-state index is -1.08. The molecular weight excluding hydrogens is 289 g/mol. The fourth-order valence-corrected chi connectivity index (χ4v) is 3.12. The number of ether oxygens (including phenoxy) is 1. The molecule has 2 fully saturated rings. The Morgan fingerprint density at radius 2 is 1.77 bits per heavy atom. The van der Waals surface area contributed by atoms with Crippen LogP contribution in [0.3, 0.4) is 0 Å². The zero-order valence-electron chi connectivity index (χ0n) is 12.3. The van der Waals surface area contributed by atoms with E-state index in [0.717, 1.165) is 4.90 Å². The molecule has 6 heteroatoms. The van der Waals surface area contributed by atoms with Crippen LogP contribution in [0.15, 0.2) is 24.3 Å². The molecule has 0 unspecified atom stereocenters. The van der Waals surface area contributed by atoms with Crippen LogP contribution in [0.25, 0.3) is 0 Å². The summed E-state index contributed by atoms with van der Waals surface area (Å²) < 4.78 is 18.2. The second-order valence-electron chi connectivity index (χ2n) is 6.55. The van der Waals surface area contributed by atoms with Gasteiger partial charge in [0.2, 0.25) is 5.91 Å². The van der Waals surface area contributed by atoms with E-state index in [4.69, 9.17) is 4.74 Å². The number of carbonyl (C=O) groups excluding carboxylic acids is 3. The van der Waals surface area contributed by atoms with Gasteiger partial charge in [-0.1, -0.05) is 13.8 Å². The molecule has 0 aromatic heterocycles. The summed E-state index contributed by atoms with van der Waals surface area (Å²) in [6, 6.07) is 5.09. The first-order chi connectivity index (χ1) is 10.3. The molecule has 2 aliphatic rings. The molecule has 2 aliphatic heterocycles. The first-order valence-electron chi connectivity index (χ1n) is 7.11. The maximum absolute atomic E-state index is 13.0. The third kappa shape index (κ3) is 2.38. The third-order valence-corrected chi connectivity index (χ3v) is 4.11. The van der Waals surface area contributed by atoms with Gasteiger partial charge in [-0.25, -0.2) is 9.29 Å². The molecule has 1 aromatic carbocycles. The Bertz CT molecular complexity index is 653. The van der Waals surface area contributed by atoms with Crippen molar-refractivity contribution in [3.05, 3.63) is 30.1 Å². The van der Waals surface area contributed by atoms with E-state index in [1.54, 1.807) is 0 Å². The maximum atomic E-state index is 13.0. The van der Waals surface area contributed by atoms with Crippen molar-refractivity contribution in [2.45, 2.75) is 32.8 Å². The summed E-state index contributed by atoms with van der Waals surface area (Å²) >= 11 is 0. The van der Waals surface area contributed by atoms with Gasteiger partial charge in [0.15, 0.2) is 6.10 Å². The molecule has 2 saturated heterocycles. The average Bonchev–Trinajstić information content (AvgIpc) is 2.57. The molecule has 116 valence electrons. The van der Waals surface area contributed by atoms with Crippen LogP contribution in [0.1, 0.15) is 26.7 Å². The first-order valence-corrected chi connectivity index (χ1v) is 7.11. The van der Waals surface area contributed by atoms with Crippen molar-refractivity contribution in [3.8, 4) is 0 Å². The molecule has 0 spiro atoms. The van der Waals surface area contributed by atoms with E-state index < -0.39 is 41.0 Å². The molecule has 0 saturated carbocycles. The summed E-state index contributed by atoms with van der Waals surface area (Å²) in [5, 5.41) is 0. The highest BCUT2D eigenvalue weighted by molar-refractivity contribution is 6.23. The Morgan fingerprint density at radius 1 is 1.14 bits per heavy atom. The van der Waals surface area contributed by atoms with Gasteiger partial charge in [0.05, 0.1) is 18.0 Å². The number of benzene rings is 1.